The number of nitrogens with zero attached hydrogens (tertiary/aromatic N) is 3. The van der Waals surface area contributed by atoms with Crippen LogP contribution in [0.25, 0.3) is 11.4 Å². The van der Waals surface area contributed by atoms with Gasteiger partial charge in [0.2, 0.25) is 0 Å². The number of hydrogen-bond donors (Lipinski definition) is 2. The smallest absolute Gasteiger partial charge is 0.171 e. The van der Waals surface area contributed by atoms with Crippen molar-refractivity contribution in [2.45, 2.75) is 38.8 Å². The molecule has 0 amide bonds. The van der Waals surface area contributed by atoms with Crippen molar-refractivity contribution >= 4 is 23.0 Å². The van der Waals surface area contributed by atoms with E-state index in [-0.39, 0.29) is 0 Å². The molecule has 0 fully saturated rings. The molecule has 0 atom stereocenters. The quantitative estimate of drug-likeness (QED) is 0.619. The maximum Gasteiger partial charge on any atom is 0.171 e. The number of methoxy groups -OCH3 is 1. The molecule has 150 valence electrons. The van der Waals surface area contributed by atoms with Crippen LogP contribution in [0, 0.1) is 0 Å². The Morgan fingerprint density at radius 1 is 1.03 bits per heavy atom. The lowest BCUT2D eigenvalue weighted by Crippen LogP contribution is -2.27. The van der Waals surface area contributed by atoms with E-state index in [1.165, 1.54) is 19.3 Å². The van der Waals surface area contributed by atoms with Crippen molar-refractivity contribution < 1.29 is 4.74 Å². The first kappa shape index (κ1) is 19.4. The monoisotopic (exact) mass is 407 g/mol. The Morgan fingerprint density at radius 3 is 2.59 bits per heavy atom. The number of aryl methyl sites for hydroxylation is 1. The van der Waals surface area contributed by atoms with Gasteiger partial charge in [-0.25, -0.2) is 0 Å². The van der Waals surface area contributed by atoms with Gasteiger partial charge in [0.15, 0.2) is 10.9 Å². The molecule has 0 radical (unpaired) electrons. The van der Waals surface area contributed by atoms with Gasteiger partial charge in [-0.05, 0) is 67.0 Å². The third-order valence-corrected chi connectivity index (χ3v) is 5.37. The Kier molecular flexibility index (Phi) is 6.05. The van der Waals surface area contributed by atoms with Crippen LogP contribution in [0.5, 0.6) is 5.75 Å². The Hall–Kier alpha value is -2.93. The van der Waals surface area contributed by atoms with Gasteiger partial charge in [0.05, 0.1) is 7.11 Å². The number of aromatic nitrogens is 3. The number of nitrogens with one attached hydrogen (secondary N) is 2. The van der Waals surface area contributed by atoms with E-state index >= 15 is 0 Å². The van der Waals surface area contributed by atoms with Crippen molar-refractivity contribution in [3.05, 3.63) is 59.9 Å². The van der Waals surface area contributed by atoms with E-state index in [9.17, 15) is 0 Å². The highest BCUT2D eigenvalue weighted by Gasteiger charge is 2.15. The van der Waals surface area contributed by atoms with Gasteiger partial charge in [0.1, 0.15) is 11.6 Å². The van der Waals surface area contributed by atoms with Crippen molar-refractivity contribution in [3.8, 4) is 17.1 Å². The first-order chi connectivity index (χ1) is 14.2. The molecule has 2 N–H and O–H groups in total. The summed E-state index contributed by atoms with van der Waals surface area (Å²) in [6.45, 7) is 1.65. The largest absolute Gasteiger partial charge is 0.497 e. The molecule has 1 aliphatic rings. The molecule has 0 saturated heterocycles. The second kappa shape index (κ2) is 9.05. The summed E-state index contributed by atoms with van der Waals surface area (Å²) in [5.74, 6) is 2.90. The summed E-state index contributed by atoms with van der Waals surface area (Å²) < 4.78 is 7.44. The maximum atomic E-state index is 5.42. The summed E-state index contributed by atoms with van der Waals surface area (Å²) in [6, 6.07) is 16.1. The minimum absolute atomic E-state index is 0.588. The lowest BCUT2D eigenvalue weighted by atomic mass is 10.2. The standard InChI is InChI=1S/C22H25N5OS/c1-28-19-12-6-16(7-13-19)15-23-22(29)24-18-10-8-17(9-11-18)21-26-25-20-5-3-2-4-14-27(20)21/h6-13H,2-5,14-15H2,1H3,(H2,23,24,29). The van der Waals surface area contributed by atoms with Crippen LogP contribution in [-0.4, -0.2) is 27.0 Å². The van der Waals surface area contributed by atoms with E-state index in [1.54, 1.807) is 7.11 Å². The predicted octanol–water partition coefficient (Wildman–Crippen LogP) is 4.17. The predicted molar refractivity (Wildman–Crippen MR) is 119 cm³/mol. The molecule has 2 aromatic carbocycles. The summed E-state index contributed by atoms with van der Waals surface area (Å²) in [7, 11) is 1.66. The average molecular weight is 408 g/mol. The van der Waals surface area contributed by atoms with Crippen molar-refractivity contribution in [1.29, 1.82) is 0 Å². The third-order valence-electron chi connectivity index (χ3n) is 5.12. The molecule has 29 heavy (non-hydrogen) atoms. The Balaban J connectivity index is 1.35. The molecule has 0 spiro atoms. The van der Waals surface area contributed by atoms with Crippen molar-refractivity contribution in [2.75, 3.05) is 12.4 Å². The summed E-state index contributed by atoms with van der Waals surface area (Å²) in [5, 5.41) is 15.9. The normalized spacial score (nSPS) is 13.3. The van der Waals surface area contributed by atoms with Crippen LogP contribution < -0.4 is 15.4 Å². The first-order valence-electron chi connectivity index (χ1n) is 9.93. The van der Waals surface area contributed by atoms with E-state index in [4.69, 9.17) is 17.0 Å². The molecule has 7 heteroatoms. The van der Waals surface area contributed by atoms with Crippen LogP contribution in [0.15, 0.2) is 48.5 Å². The zero-order chi connectivity index (χ0) is 20.1. The molecular formula is C22H25N5OS. The number of hydrogen-bond acceptors (Lipinski definition) is 4. The van der Waals surface area contributed by atoms with Gasteiger partial charge in [0.25, 0.3) is 0 Å². The van der Waals surface area contributed by atoms with Gasteiger partial charge in [0, 0.05) is 30.8 Å². The molecule has 6 nitrogen and oxygen atoms in total. The topological polar surface area (TPSA) is 64.0 Å². The van der Waals surface area contributed by atoms with Crippen LogP contribution in [0.2, 0.25) is 0 Å². The minimum atomic E-state index is 0.588. The highest BCUT2D eigenvalue weighted by atomic mass is 32.1. The second-order valence-corrected chi connectivity index (χ2v) is 7.54. The maximum absolute atomic E-state index is 5.42. The van der Waals surface area contributed by atoms with Gasteiger partial charge in [-0.15, -0.1) is 10.2 Å². The summed E-state index contributed by atoms with van der Waals surface area (Å²) in [4.78, 5) is 0. The molecule has 4 rings (SSSR count). The molecule has 0 aliphatic carbocycles. The molecule has 0 unspecified atom stereocenters. The van der Waals surface area contributed by atoms with E-state index in [1.807, 2.05) is 36.4 Å². The summed E-state index contributed by atoms with van der Waals surface area (Å²) >= 11 is 5.42. The van der Waals surface area contributed by atoms with Crippen molar-refractivity contribution in [2.24, 2.45) is 0 Å². The second-order valence-electron chi connectivity index (χ2n) is 7.14. The van der Waals surface area contributed by atoms with Crippen LogP contribution in [-0.2, 0) is 19.5 Å². The lowest BCUT2D eigenvalue weighted by Gasteiger charge is -2.12. The zero-order valence-electron chi connectivity index (χ0n) is 16.5. The van der Waals surface area contributed by atoms with Gasteiger partial charge in [-0.2, -0.15) is 0 Å². The number of anilines is 1. The van der Waals surface area contributed by atoms with Crippen LogP contribution in [0.3, 0.4) is 0 Å². The highest BCUT2D eigenvalue weighted by Crippen LogP contribution is 2.24. The molecular weight excluding hydrogens is 382 g/mol. The molecule has 3 aromatic rings. The van der Waals surface area contributed by atoms with E-state index in [0.717, 1.165) is 47.2 Å². The van der Waals surface area contributed by atoms with Crippen molar-refractivity contribution in [1.82, 2.24) is 20.1 Å². The fourth-order valence-corrected chi connectivity index (χ4v) is 3.69. The van der Waals surface area contributed by atoms with E-state index in [2.05, 4.69) is 37.5 Å². The highest BCUT2D eigenvalue weighted by molar-refractivity contribution is 7.80. The van der Waals surface area contributed by atoms with Crippen LogP contribution >= 0.6 is 12.2 Å². The van der Waals surface area contributed by atoms with Crippen LogP contribution in [0.4, 0.5) is 5.69 Å². The summed E-state index contributed by atoms with van der Waals surface area (Å²) in [6.07, 6.45) is 4.65. The van der Waals surface area contributed by atoms with Gasteiger partial charge in [-0.3, -0.25) is 0 Å². The van der Waals surface area contributed by atoms with Gasteiger partial charge < -0.3 is 19.9 Å². The van der Waals surface area contributed by atoms with E-state index < -0.39 is 0 Å². The number of rotatable bonds is 5. The van der Waals surface area contributed by atoms with Gasteiger partial charge in [-0.1, -0.05) is 18.6 Å². The Bertz CT molecular complexity index is 966. The fourth-order valence-electron chi connectivity index (χ4n) is 3.50. The van der Waals surface area contributed by atoms with Crippen LogP contribution in [0.1, 0.15) is 30.7 Å². The fraction of sp³-hybridized carbons (Fsp3) is 0.318. The molecule has 2 heterocycles. The third kappa shape index (κ3) is 4.74. The number of ether oxygens (including phenoxy) is 1. The van der Waals surface area contributed by atoms with Crippen molar-refractivity contribution in [3.63, 3.8) is 0 Å². The van der Waals surface area contributed by atoms with E-state index in [0.29, 0.717) is 11.7 Å². The Labute approximate surface area is 176 Å². The first-order valence-corrected chi connectivity index (χ1v) is 10.3. The minimum Gasteiger partial charge on any atom is -0.497 e. The molecule has 1 aliphatic heterocycles. The molecule has 0 bridgehead atoms. The summed E-state index contributed by atoms with van der Waals surface area (Å²) in [5.41, 5.74) is 3.16. The molecule has 0 saturated carbocycles. The zero-order valence-corrected chi connectivity index (χ0v) is 17.3. The average Bonchev–Trinajstić information content (AvgIpc) is 3.01. The Morgan fingerprint density at radius 2 is 1.83 bits per heavy atom. The number of fused-ring (bicyclic) bond motifs is 1. The SMILES string of the molecule is COc1ccc(CNC(=S)Nc2ccc(-c3nnc4n3CCCCC4)cc2)cc1. The molecule has 1 aromatic heterocycles. The van der Waals surface area contributed by atoms with Gasteiger partial charge >= 0.3 is 0 Å². The number of benzene rings is 2. The lowest BCUT2D eigenvalue weighted by molar-refractivity contribution is 0.414. The number of thiocarbonyl (C=S) groups is 1.